The summed E-state index contributed by atoms with van der Waals surface area (Å²) in [5.41, 5.74) is 1.30. The van der Waals surface area contributed by atoms with Gasteiger partial charge in [-0.1, -0.05) is 29.5 Å². The molecule has 1 amide bonds. The number of amides is 1. The van der Waals surface area contributed by atoms with E-state index in [9.17, 15) is 19.8 Å². The minimum absolute atomic E-state index is 0.0876. The summed E-state index contributed by atoms with van der Waals surface area (Å²) in [5.74, 6) is -0.759. The minimum Gasteiger partial charge on any atom is -0.507 e. The van der Waals surface area contributed by atoms with E-state index in [1.807, 2.05) is 19.9 Å². The lowest BCUT2D eigenvalue weighted by molar-refractivity contribution is -0.132. The number of fused-ring (bicyclic) bond motifs is 1. The van der Waals surface area contributed by atoms with E-state index in [0.29, 0.717) is 48.0 Å². The lowest BCUT2D eigenvalue weighted by Gasteiger charge is -2.23. The molecule has 40 heavy (non-hydrogen) atoms. The zero-order chi connectivity index (χ0) is 28.4. The van der Waals surface area contributed by atoms with Crippen molar-refractivity contribution < 1.29 is 34.0 Å². The smallest absolute Gasteiger partial charge is 0.301 e. The molecule has 0 bridgehead atoms. The van der Waals surface area contributed by atoms with Crippen LogP contribution in [0.2, 0.25) is 0 Å². The number of hydrogen-bond donors (Lipinski definition) is 2. The number of Topliss-reactive ketones (excluding diaryl/α,β-unsaturated/α-hetero) is 1. The molecule has 1 fully saturated rings. The summed E-state index contributed by atoms with van der Waals surface area (Å²) >= 11 is 1.23. The highest BCUT2D eigenvalue weighted by atomic mass is 32.1. The average molecular weight is 561 g/mol. The third-order valence-corrected chi connectivity index (χ3v) is 7.35. The number of anilines is 1. The molecule has 206 valence electrons. The van der Waals surface area contributed by atoms with Crippen molar-refractivity contribution >= 4 is 44.1 Å². The van der Waals surface area contributed by atoms with Gasteiger partial charge >= 0.3 is 5.91 Å². The van der Waals surface area contributed by atoms with Crippen molar-refractivity contribution in [2.45, 2.75) is 26.8 Å². The fourth-order valence-corrected chi connectivity index (χ4v) is 5.65. The van der Waals surface area contributed by atoms with Gasteiger partial charge < -0.3 is 24.4 Å². The number of ether oxygens (including phenoxy) is 3. The van der Waals surface area contributed by atoms with Crippen LogP contribution in [-0.2, 0) is 9.59 Å². The Morgan fingerprint density at radius 3 is 2.38 bits per heavy atom. The third-order valence-electron chi connectivity index (χ3n) is 6.33. The summed E-state index contributed by atoms with van der Waals surface area (Å²) in [7, 11) is 0. The Morgan fingerprint density at radius 1 is 0.925 bits per heavy atom. The maximum Gasteiger partial charge on any atom is 0.301 e. The molecule has 2 N–H and O–H groups in total. The van der Waals surface area contributed by atoms with Gasteiger partial charge in [0, 0.05) is 5.56 Å². The maximum absolute atomic E-state index is 13.6. The number of nitrogens with zero attached hydrogens (tertiary/aromatic N) is 2. The van der Waals surface area contributed by atoms with Crippen LogP contribution in [0.1, 0.15) is 37.9 Å². The summed E-state index contributed by atoms with van der Waals surface area (Å²) < 4.78 is 17.5. The van der Waals surface area contributed by atoms with Gasteiger partial charge in [-0.15, -0.1) is 0 Å². The minimum atomic E-state index is -1.04. The van der Waals surface area contributed by atoms with Crippen LogP contribution in [0.3, 0.4) is 0 Å². The monoisotopic (exact) mass is 560 g/mol. The summed E-state index contributed by atoms with van der Waals surface area (Å²) in [6, 6.07) is 15.6. The number of phenolic OH excluding ortho intramolecular Hbond substituents is 1. The molecular formula is C30H28N2O7S. The van der Waals surface area contributed by atoms with Gasteiger partial charge in [0.25, 0.3) is 5.78 Å². The maximum atomic E-state index is 13.6. The first kappa shape index (κ1) is 27.0. The Balaban J connectivity index is 1.70. The van der Waals surface area contributed by atoms with Gasteiger partial charge in [0.15, 0.2) is 16.6 Å². The first-order valence-electron chi connectivity index (χ1n) is 12.9. The van der Waals surface area contributed by atoms with Crippen molar-refractivity contribution in [1.29, 1.82) is 0 Å². The Labute approximate surface area is 234 Å². The van der Waals surface area contributed by atoms with Crippen molar-refractivity contribution in [2.24, 2.45) is 0 Å². The number of carbonyl (C=O) groups excluding carboxylic acids is 2. The summed E-state index contributed by atoms with van der Waals surface area (Å²) in [5, 5.41) is 22.1. The Hall–Kier alpha value is -4.57. The van der Waals surface area contributed by atoms with Gasteiger partial charge in [0.05, 0.1) is 41.7 Å². The van der Waals surface area contributed by atoms with Gasteiger partial charge in [-0.25, -0.2) is 4.98 Å². The van der Waals surface area contributed by atoms with Crippen molar-refractivity contribution in [2.75, 3.05) is 24.7 Å². The molecule has 2 heterocycles. The van der Waals surface area contributed by atoms with Gasteiger partial charge in [-0.3, -0.25) is 14.5 Å². The van der Waals surface area contributed by atoms with Gasteiger partial charge in [-0.2, -0.15) is 0 Å². The molecular weight excluding hydrogens is 532 g/mol. The molecule has 0 saturated carbocycles. The highest BCUT2D eigenvalue weighted by Gasteiger charge is 2.48. The van der Waals surface area contributed by atoms with Crippen LogP contribution in [0.15, 0.2) is 66.2 Å². The predicted molar refractivity (Wildman–Crippen MR) is 152 cm³/mol. The molecule has 0 spiro atoms. The molecule has 1 aliphatic rings. The van der Waals surface area contributed by atoms with E-state index in [0.717, 1.165) is 4.70 Å². The fourth-order valence-electron chi connectivity index (χ4n) is 4.62. The lowest BCUT2D eigenvalue weighted by atomic mass is 9.95. The van der Waals surface area contributed by atoms with Crippen LogP contribution in [0.4, 0.5) is 5.13 Å². The summed E-state index contributed by atoms with van der Waals surface area (Å²) in [6.45, 7) is 6.72. The van der Waals surface area contributed by atoms with Crippen molar-refractivity contribution in [3.63, 3.8) is 0 Å². The van der Waals surface area contributed by atoms with E-state index >= 15 is 0 Å². The van der Waals surface area contributed by atoms with Crippen LogP contribution >= 0.6 is 11.3 Å². The molecule has 10 heteroatoms. The molecule has 4 aromatic rings. The topological polar surface area (TPSA) is 118 Å². The Morgan fingerprint density at radius 2 is 1.65 bits per heavy atom. The highest BCUT2D eigenvalue weighted by molar-refractivity contribution is 7.22. The lowest BCUT2D eigenvalue weighted by Crippen LogP contribution is -2.29. The molecule has 0 aliphatic carbocycles. The average Bonchev–Trinajstić information content (AvgIpc) is 3.48. The number of aliphatic hydroxyl groups excluding tert-OH is 1. The van der Waals surface area contributed by atoms with E-state index in [1.165, 1.54) is 22.3 Å². The van der Waals surface area contributed by atoms with E-state index < -0.39 is 17.7 Å². The van der Waals surface area contributed by atoms with Crippen LogP contribution < -0.4 is 19.1 Å². The molecule has 0 radical (unpaired) electrons. The molecule has 1 aliphatic heterocycles. The van der Waals surface area contributed by atoms with Gasteiger partial charge in [0.1, 0.15) is 17.3 Å². The second kappa shape index (κ2) is 11.3. The normalized spacial score (nSPS) is 16.5. The Kier molecular flexibility index (Phi) is 7.61. The molecule has 1 aromatic heterocycles. The quantitative estimate of drug-likeness (QED) is 0.149. The van der Waals surface area contributed by atoms with Crippen LogP contribution in [-0.4, -0.2) is 46.7 Å². The van der Waals surface area contributed by atoms with Crippen molar-refractivity contribution in [3.8, 4) is 23.0 Å². The SMILES string of the molecule is CCOc1cccc(/C(O)=C2\C(=O)C(=O)N(c3nc4ccc(OCC)cc4s3)C2c2ccc(O)c(OCC)c2)c1. The largest absolute Gasteiger partial charge is 0.507 e. The molecule has 1 atom stereocenters. The molecule has 5 rings (SSSR count). The number of hydrogen-bond acceptors (Lipinski definition) is 9. The Bertz CT molecular complexity index is 1630. The number of aliphatic hydroxyl groups is 1. The standard InChI is InChI=1S/C30H28N2O7S/c1-4-37-19-9-7-8-18(14-19)27(34)25-26(17-10-13-22(33)23(15-17)39-6-3)32(29(36)28(25)35)30-31-21-12-11-20(38-5-2)16-24(21)40-30/h7-16,26,33-34H,4-6H2,1-3H3/b27-25+. The van der Waals surface area contributed by atoms with Crippen molar-refractivity contribution in [1.82, 2.24) is 4.98 Å². The molecule has 1 saturated heterocycles. The number of aromatic nitrogens is 1. The van der Waals surface area contributed by atoms with Crippen LogP contribution in [0.5, 0.6) is 23.0 Å². The zero-order valence-corrected chi connectivity index (χ0v) is 23.0. The summed E-state index contributed by atoms with van der Waals surface area (Å²) in [4.78, 5) is 33.1. The van der Waals surface area contributed by atoms with E-state index in [2.05, 4.69) is 4.98 Å². The van der Waals surface area contributed by atoms with E-state index in [1.54, 1.807) is 55.5 Å². The molecule has 3 aromatic carbocycles. The second-order valence-electron chi connectivity index (χ2n) is 8.85. The first-order chi connectivity index (χ1) is 19.4. The summed E-state index contributed by atoms with van der Waals surface area (Å²) in [6.07, 6.45) is 0. The van der Waals surface area contributed by atoms with Crippen LogP contribution in [0, 0.1) is 0 Å². The number of benzene rings is 3. The van der Waals surface area contributed by atoms with Crippen molar-refractivity contribution in [3.05, 3.63) is 77.4 Å². The first-order valence-corrected chi connectivity index (χ1v) is 13.7. The second-order valence-corrected chi connectivity index (χ2v) is 9.86. The fraction of sp³-hybridized carbons (Fsp3) is 0.233. The number of aromatic hydroxyl groups is 1. The number of rotatable bonds is 9. The van der Waals surface area contributed by atoms with E-state index in [-0.39, 0.29) is 28.0 Å². The van der Waals surface area contributed by atoms with Gasteiger partial charge in [0.2, 0.25) is 0 Å². The number of carbonyl (C=O) groups is 2. The number of ketones is 1. The van der Waals surface area contributed by atoms with Gasteiger partial charge in [-0.05, 0) is 68.8 Å². The van der Waals surface area contributed by atoms with Crippen LogP contribution in [0.25, 0.3) is 16.0 Å². The predicted octanol–water partition coefficient (Wildman–Crippen LogP) is 5.82. The number of phenols is 1. The molecule has 9 nitrogen and oxygen atoms in total. The zero-order valence-electron chi connectivity index (χ0n) is 22.2. The number of thiazole rings is 1. The van der Waals surface area contributed by atoms with E-state index in [4.69, 9.17) is 14.2 Å². The third kappa shape index (κ3) is 4.93. The highest BCUT2D eigenvalue weighted by Crippen LogP contribution is 2.46. The molecule has 1 unspecified atom stereocenters.